The number of carbonyl (C=O) groups is 1. The summed E-state index contributed by atoms with van der Waals surface area (Å²) in [4.78, 5) is 21.8. The van der Waals surface area contributed by atoms with Crippen LogP contribution < -0.4 is 5.32 Å². The van der Waals surface area contributed by atoms with Gasteiger partial charge < -0.3 is 10.2 Å². The van der Waals surface area contributed by atoms with Gasteiger partial charge in [0.25, 0.3) is 0 Å². The third-order valence-electron chi connectivity index (χ3n) is 7.85. The van der Waals surface area contributed by atoms with Crippen LogP contribution in [0.5, 0.6) is 0 Å². The molecule has 0 spiro atoms. The lowest BCUT2D eigenvalue weighted by Crippen LogP contribution is -2.53. The van der Waals surface area contributed by atoms with E-state index in [1.54, 1.807) is 0 Å². The van der Waals surface area contributed by atoms with E-state index in [2.05, 4.69) is 101 Å². The second-order valence-corrected chi connectivity index (χ2v) is 11.5. The Hall–Kier alpha value is -3.05. The molecule has 1 saturated carbocycles. The number of hydrogen-bond acceptors (Lipinski definition) is 4. The van der Waals surface area contributed by atoms with Crippen LogP contribution in [-0.2, 0) is 11.3 Å². The summed E-state index contributed by atoms with van der Waals surface area (Å²) in [6, 6.07) is 31.7. The molecule has 1 N–H and O–H groups in total. The van der Waals surface area contributed by atoms with Gasteiger partial charge in [-0.15, -0.1) is 0 Å². The van der Waals surface area contributed by atoms with Crippen LogP contribution in [0.2, 0.25) is 0 Å². The second-order valence-electron chi connectivity index (χ2n) is 10.5. The fraction of sp³-hybridized carbons (Fsp3) is 0.394. The van der Waals surface area contributed by atoms with E-state index in [4.69, 9.17) is 4.99 Å². The highest BCUT2D eigenvalue weighted by molar-refractivity contribution is 7.98. The molecule has 0 bridgehead atoms. The smallest absolute Gasteiger partial charge is 0.245 e. The number of aliphatic imine (C=N–C) groups is 1. The molecule has 4 nitrogen and oxygen atoms in total. The molecular weight excluding hydrogens is 486 g/mol. The monoisotopic (exact) mass is 525 g/mol. The molecule has 3 aromatic rings. The number of nitrogens with one attached hydrogen (secondary N) is 1. The van der Waals surface area contributed by atoms with E-state index < -0.39 is 0 Å². The first-order valence-corrected chi connectivity index (χ1v) is 15.4. The van der Waals surface area contributed by atoms with Gasteiger partial charge in [0.1, 0.15) is 11.9 Å². The predicted molar refractivity (Wildman–Crippen MR) is 160 cm³/mol. The van der Waals surface area contributed by atoms with E-state index in [0.29, 0.717) is 6.54 Å². The first-order valence-electron chi connectivity index (χ1n) is 14.0. The highest BCUT2D eigenvalue weighted by atomic mass is 32.2. The zero-order chi connectivity index (χ0) is 26.2. The fourth-order valence-electron chi connectivity index (χ4n) is 5.96. The Balaban J connectivity index is 1.56. The second kappa shape index (κ2) is 13.1. The van der Waals surface area contributed by atoms with Crippen LogP contribution in [0.15, 0.2) is 96.0 Å². The van der Waals surface area contributed by atoms with Gasteiger partial charge in [-0.1, -0.05) is 110 Å². The van der Waals surface area contributed by atoms with Gasteiger partial charge in [-0.3, -0.25) is 9.79 Å². The van der Waals surface area contributed by atoms with Gasteiger partial charge in [0, 0.05) is 12.6 Å². The molecule has 5 heteroatoms. The SMILES string of the molecule is CSCCC1N=C(C(c2ccccc2)c2ccccc2)N(Cc2ccccc2)C1C(=O)NC1CCCCC1. The Morgan fingerprint density at radius 3 is 2.05 bits per heavy atom. The molecule has 2 unspecified atom stereocenters. The summed E-state index contributed by atoms with van der Waals surface area (Å²) >= 11 is 1.83. The van der Waals surface area contributed by atoms with Crippen molar-refractivity contribution in [2.75, 3.05) is 12.0 Å². The minimum absolute atomic E-state index is 0.0367. The topological polar surface area (TPSA) is 44.7 Å². The number of benzene rings is 3. The summed E-state index contributed by atoms with van der Waals surface area (Å²) in [5.74, 6) is 2.08. The quantitative estimate of drug-likeness (QED) is 0.321. The van der Waals surface area contributed by atoms with Crippen molar-refractivity contribution in [2.24, 2.45) is 4.99 Å². The summed E-state index contributed by atoms with van der Waals surface area (Å²) < 4.78 is 0. The Morgan fingerprint density at radius 1 is 0.895 bits per heavy atom. The van der Waals surface area contributed by atoms with Gasteiger partial charge in [-0.25, -0.2) is 0 Å². The maximum Gasteiger partial charge on any atom is 0.245 e. The van der Waals surface area contributed by atoms with Gasteiger partial charge >= 0.3 is 0 Å². The van der Waals surface area contributed by atoms with E-state index in [-0.39, 0.29) is 30.0 Å². The molecule has 0 radical (unpaired) electrons. The number of thioether (sulfide) groups is 1. The van der Waals surface area contributed by atoms with Crippen LogP contribution in [0, 0.1) is 0 Å². The third kappa shape index (κ3) is 6.32. The molecule has 1 aliphatic carbocycles. The van der Waals surface area contributed by atoms with Crippen molar-refractivity contribution in [3.8, 4) is 0 Å². The van der Waals surface area contributed by atoms with Crippen LogP contribution in [0.3, 0.4) is 0 Å². The number of rotatable bonds is 10. The average molecular weight is 526 g/mol. The van der Waals surface area contributed by atoms with E-state index in [9.17, 15) is 4.79 Å². The minimum atomic E-state index is -0.311. The molecule has 2 aliphatic rings. The van der Waals surface area contributed by atoms with Gasteiger partial charge in [-0.2, -0.15) is 11.8 Å². The van der Waals surface area contributed by atoms with E-state index >= 15 is 0 Å². The molecule has 0 saturated heterocycles. The lowest BCUT2D eigenvalue weighted by Gasteiger charge is -2.34. The zero-order valence-electron chi connectivity index (χ0n) is 22.3. The number of nitrogens with zero attached hydrogens (tertiary/aromatic N) is 2. The number of carbonyl (C=O) groups excluding carboxylic acids is 1. The lowest BCUT2D eigenvalue weighted by atomic mass is 9.89. The van der Waals surface area contributed by atoms with Crippen molar-refractivity contribution < 1.29 is 4.79 Å². The molecule has 198 valence electrons. The summed E-state index contributed by atoms with van der Waals surface area (Å²) in [7, 11) is 0. The zero-order valence-corrected chi connectivity index (χ0v) is 23.2. The first kappa shape index (κ1) is 26.6. The van der Waals surface area contributed by atoms with E-state index in [0.717, 1.165) is 30.9 Å². The third-order valence-corrected chi connectivity index (χ3v) is 8.49. The maximum absolute atomic E-state index is 14.1. The highest BCUT2D eigenvalue weighted by Crippen LogP contribution is 2.35. The van der Waals surface area contributed by atoms with E-state index in [1.807, 2.05) is 17.8 Å². The molecule has 1 heterocycles. The van der Waals surface area contributed by atoms with Gasteiger partial charge in [0.2, 0.25) is 5.91 Å². The Kier molecular flexibility index (Phi) is 9.19. The summed E-state index contributed by atoms with van der Waals surface area (Å²) in [5.41, 5.74) is 3.60. The fourth-order valence-corrected chi connectivity index (χ4v) is 6.43. The van der Waals surface area contributed by atoms with Crippen LogP contribution in [0.25, 0.3) is 0 Å². The van der Waals surface area contributed by atoms with Crippen LogP contribution in [0.1, 0.15) is 61.1 Å². The minimum Gasteiger partial charge on any atom is -0.352 e. The molecule has 0 aromatic heterocycles. The summed E-state index contributed by atoms with van der Waals surface area (Å²) in [5, 5.41) is 3.46. The Morgan fingerprint density at radius 2 is 1.47 bits per heavy atom. The van der Waals surface area contributed by atoms with Gasteiger partial charge in [0.05, 0.1) is 12.0 Å². The van der Waals surface area contributed by atoms with Crippen molar-refractivity contribution in [3.05, 3.63) is 108 Å². The molecule has 38 heavy (non-hydrogen) atoms. The van der Waals surface area contributed by atoms with Crippen LogP contribution in [-0.4, -0.2) is 46.8 Å². The van der Waals surface area contributed by atoms with Crippen LogP contribution >= 0.6 is 11.8 Å². The lowest BCUT2D eigenvalue weighted by molar-refractivity contribution is -0.126. The van der Waals surface area contributed by atoms with Crippen molar-refractivity contribution >= 4 is 23.5 Å². The Labute approximate surface area is 231 Å². The molecular formula is C33H39N3OS. The van der Waals surface area contributed by atoms with E-state index in [1.165, 1.54) is 36.0 Å². The van der Waals surface area contributed by atoms with Crippen molar-refractivity contribution in [1.29, 1.82) is 0 Å². The molecule has 2 atom stereocenters. The number of amidine groups is 1. The first-order chi connectivity index (χ1) is 18.7. The molecule has 5 rings (SSSR count). The Bertz CT molecular complexity index is 1140. The predicted octanol–water partition coefficient (Wildman–Crippen LogP) is 6.67. The molecule has 1 fully saturated rings. The van der Waals surface area contributed by atoms with Crippen molar-refractivity contribution in [2.45, 2.75) is 69.1 Å². The molecule has 1 amide bonds. The molecule has 3 aromatic carbocycles. The standard InChI is InChI=1S/C33H39N3OS/c1-38-23-22-29-31(33(37)34-28-20-12-5-13-21-28)36(24-25-14-6-2-7-15-25)32(35-29)30(26-16-8-3-9-17-26)27-18-10-4-11-19-27/h2-4,6-11,14-19,28-31H,5,12-13,20-24H2,1H3,(H,34,37). The highest BCUT2D eigenvalue weighted by Gasteiger charge is 2.44. The summed E-state index contributed by atoms with van der Waals surface area (Å²) in [6.07, 6.45) is 8.85. The normalized spacial score (nSPS) is 19.9. The number of hydrogen-bond donors (Lipinski definition) is 1. The van der Waals surface area contributed by atoms with Gasteiger partial charge in [0.15, 0.2) is 0 Å². The van der Waals surface area contributed by atoms with Gasteiger partial charge in [-0.05, 0) is 48.0 Å². The maximum atomic E-state index is 14.1. The van der Waals surface area contributed by atoms with Crippen molar-refractivity contribution in [3.63, 3.8) is 0 Å². The van der Waals surface area contributed by atoms with Crippen LogP contribution in [0.4, 0.5) is 0 Å². The van der Waals surface area contributed by atoms with Crippen molar-refractivity contribution in [1.82, 2.24) is 10.2 Å². The molecule has 1 aliphatic heterocycles. The summed E-state index contributed by atoms with van der Waals surface area (Å²) in [6.45, 7) is 0.661. The average Bonchev–Trinajstić information content (AvgIpc) is 3.31. The number of amides is 1. The largest absolute Gasteiger partial charge is 0.352 e.